The van der Waals surface area contributed by atoms with E-state index in [0.29, 0.717) is 6.04 Å². The molecule has 3 rings (SSSR count). The van der Waals surface area contributed by atoms with Crippen LogP contribution in [0.25, 0.3) is 0 Å². The summed E-state index contributed by atoms with van der Waals surface area (Å²) in [4.78, 5) is 14.9. The topological polar surface area (TPSA) is 29.5 Å². The molecule has 1 aromatic rings. The maximum absolute atomic E-state index is 12.8. The third kappa shape index (κ3) is 2.87. The molecule has 1 saturated heterocycles. The molecular formula is C19H29NO2Si. The lowest BCUT2D eigenvalue weighted by Crippen LogP contribution is -2.66. The fourth-order valence-corrected chi connectivity index (χ4v) is 6.69. The minimum Gasteiger partial charge on any atom is -0.403 e. The molecule has 0 bridgehead atoms. The van der Waals surface area contributed by atoms with Gasteiger partial charge in [0.25, 0.3) is 5.91 Å². The first-order valence-electron chi connectivity index (χ1n) is 9.20. The summed E-state index contributed by atoms with van der Waals surface area (Å²) in [6.45, 7) is 6.68. The molecule has 1 aliphatic carbocycles. The second-order valence-electron chi connectivity index (χ2n) is 6.97. The largest absolute Gasteiger partial charge is 0.403 e. The summed E-state index contributed by atoms with van der Waals surface area (Å²) in [7, 11) is -1.77. The Balaban J connectivity index is 1.85. The normalized spacial score (nSPS) is 25.2. The van der Waals surface area contributed by atoms with Crippen molar-refractivity contribution in [1.29, 1.82) is 0 Å². The first kappa shape index (κ1) is 16.7. The molecule has 23 heavy (non-hydrogen) atoms. The molecule has 0 aromatic heterocycles. The molecular weight excluding hydrogens is 302 g/mol. The fourth-order valence-electron chi connectivity index (χ4n) is 3.92. The molecule has 2 atom stereocenters. The summed E-state index contributed by atoms with van der Waals surface area (Å²) in [6.07, 6.45) is 3.31. The van der Waals surface area contributed by atoms with Crippen LogP contribution in [0, 0.1) is 0 Å². The van der Waals surface area contributed by atoms with Gasteiger partial charge in [0.15, 0.2) is 8.32 Å². The monoisotopic (exact) mass is 331 g/mol. The van der Waals surface area contributed by atoms with Gasteiger partial charge < -0.3 is 9.33 Å². The van der Waals surface area contributed by atoms with Crippen molar-refractivity contribution in [3.05, 3.63) is 35.9 Å². The number of hydrogen-bond acceptors (Lipinski definition) is 2. The predicted molar refractivity (Wildman–Crippen MR) is 95.7 cm³/mol. The molecule has 0 unspecified atom stereocenters. The zero-order valence-corrected chi connectivity index (χ0v) is 15.6. The Morgan fingerprint density at radius 1 is 1.09 bits per heavy atom. The number of benzene rings is 1. The Labute approximate surface area is 141 Å². The van der Waals surface area contributed by atoms with E-state index in [2.05, 4.69) is 49.9 Å². The number of carbonyl (C=O) groups excluding carboxylic acids is 1. The minimum atomic E-state index is -1.77. The maximum Gasteiger partial charge on any atom is 0.253 e. The Bertz CT molecular complexity index is 531. The van der Waals surface area contributed by atoms with Crippen molar-refractivity contribution in [2.45, 2.75) is 76.4 Å². The predicted octanol–water partition coefficient (Wildman–Crippen LogP) is 4.51. The van der Waals surface area contributed by atoms with Crippen molar-refractivity contribution < 1.29 is 9.22 Å². The molecule has 4 heteroatoms. The van der Waals surface area contributed by atoms with Crippen molar-refractivity contribution in [3.8, 4) is 0 Å². The van der Waals surface area contributed by atoms with Gasteiger partial charge in [0.2, 0.25) is 0 Å². The zero-order chi connectivity index (χ0) is 16.4. The number of β-lactam (4-membered cyclic amide) rings is 1. The number of amides is 1. The van der Waals surface area contributed by atoms with Crippen LogP contribution >= 0.6 is 0 Å². The van der Waals surface area contributed by atoms with Gasteiger partial charge >= 0.3 is 0 Å². The van der Waals surface area contributed by atoms with Gasteiger partial charge in [-0.15, -0.1) is 0 Å². The second kappa shape index (κ2) is 6.77. The second-order valence-corrected chi connectivity index (χ2v) is 11.7. The number of likely N-dealkylation sites (tertiary alicyclic amines) is 1. The van der Waals surface area contributed by atoms with Crippen molar-refractivity contribution in [3.63, 3.8) is 0 Å². The smallest absolute Gasteiger partial charge is 0.253 e. The Morgan fingerprint density at radius 2 is 1.70 bits per heavy atom. The van der Waals surface area contributed by atoms with E-state index < -0.39 is 8.32 Å². The van der Waals surface area contributed by atoms with Crippen LogP contribution in [-0.2, 0) is 9.22 Å². The van der Waals surface area contributed by atoms with Crippen LogP contribution in [0.4, 0.5) is 0 Å². The standard InChI is InChI=1S/C19H29NO2Si/c1-4-23(5-2,6-3)22-18-17(15-11-8-7-9-12-15)20(19(18)21)16-13-10-14-16/h7-9,11-12,16-18H,4-6,10,13-14H2,1-3H3/t17-,18-/m1/s1. The minimum absolute atomic E-state index is 0.130. The highest BCUT2D eigenvalue weighted by atomic mass is 28.4. The van der Waals surface area contributed by atoms with Gasteiger partial charge in [-0.3, -0.25) is 4.79 Å². The van der Waals surface area contributed by atoms with Crippen LogP contribution in [-0.4, -0.2) is 31.3 Å². The molecule has 1 aromatic carbocycles. The molecule has 0 radical (unpaired) electrons. The summed E-state index contributed by atoms with van der Waals surface area (Å²) in [6, 6.07) is 14.3. The Hall–Kier alpha value is -1.13. The van der Waals surface area contributed by atoms with E-state index >= 15 is 0 Å². The van der Waals surface area contributed by atoms with E-state index in [4.69, 9.17) is 4.43 Å². The summed E-state index contributed by atoms with van der Waals surface area (Å²) >= 11 is 0. The molecule has 1 heterocycles. The number of rotatable bonds is 7. The van der Waals surface area contributed by atoms with Crippen molar-refractivity contribution in [1.82, 2.24) is 4.90 Å². The summed E-state index contributed by atoms with van der Waals surface area (Å²) in [5, 5.41) is 0. The van der Waals surface area contributed by atoms with Crippen molar-refractivity contribution in [2.24, 2.45) is 0 Å². The lowest BCUT2D eigenvalue weighted by atomic mass is 9.82. The highest BCUT2D eigenvalue weighted by Crippen LogP contribution is 2.45. The van der Waals surface area contributed by atoms with E-state index in [9.17, 15) is 4.79 Å². The van der Waals surface area contributed by atoms with Crippen LogP contribution in [0.5, 0.6) is 0 Å². The van der Waals surface area contributed by atoms with E-state index in [1.165, 1.54) is 12.0 Å². The van der Waals surface area contributed by atoms with E-state index in [-0.39, 0.29) is 18.1 Å². The van der Waals surface area contributed by atoms with E-state index in [0.717, 1.165) is 31.0 Å². The maximum atomic E-state index is 12.8. The molecule has 1 saturated carbocycles. The summed E-state index contributed by atoms with van der Waals surface area (Å²) < 4.78 is 6.60. The molecule has 2 aliphatic rings. The third-order valence-corrected chi connectivity index (χ3v) is 10.6. The van der Waals surface area contributed by atoms with Gasteiger partial charge in [0.1, 0.15) is 6.10 Å². The molecule has 3 nitrogen and oxygen atoms in total. The Kier molecular flexibility index (Phi) is 4.92. The van der Waals surface area contributed by atoms with Gasteiger partial charge in [-0.2, -0.15) is 0 Å². The third-order valence-electron chi connectivity index (χ3n) is 6.00. The fraction of sp³-hybridized carbons (Fsp3) is 0.632. The number of hydrogen-bond donors (Lipinski definition) is 0. The number of carbonyl (C=O) groups is 1. The first-order valence-corrected chi connectivity index (χ1v) is 11.7. The summed E-state index contributed by atoms with van der Waals surface area (Å²) in [5.74, 6) is 0.232. The number of nitrogens with zero attached hydrogens (tertiary/aromatic N) is 1. The van der Waals surface area contributed by atoms with Gasteiger partial charge in [-0.05, 0) is 43.0 Å². The van der Waals surface area contributed by atoms with Crippen LogP contribution in [0.2, 0.25) is 18.1 Å². The highest BCUT2D eigenvalue weighted by Gasteiger charge is 2.54. The van der Waals surface area contributed by atoms with Crippen LogP contribution in [0.3, 0.4) is 0 Å². The van der Waals surface area contributed by atoms with Gasteiger partial charge in [0.05, 0.1) is 6.04 Å². The van der Waals surface area contributed by atoms with Gasteiger partial charge in [-0.1, -0.05) is 51.1 Å². The molecule has 126 valence electrons. The van der Waals surface area contributed by atoms with Crippen molar-refractivity contribution >= 4 is 14.2 Å². The van der Waals surface area contributed by atoms with Crippen molar-refractivity contribution in [2.75, 3.05) is 0 Å². The zero-order valence-electron chi connectivity index (χ0n) is 14.6. The van der Waals surface area contributed by atoms with Gasteiger partial charge in [0, 0.05) is 6.04 Å². The summed E-state index contributed by atoms with van der Waals surface area (Å²) in [5.41, 5.74) is 1.23. The van der Waals surface area contributed by atoms with E-state index in [1.54, 1.807) is 0 Å². The first-order chi connectivity index (χ1) is 11.2. The highest BCUT2D eigenvalue weighted by molar-refractivity contribution is 6.73. The molecule has 0 spiro atoms. The lowest BCUT2D eigenvalue weighted by Gasteiger charge is -2.55. The van der Waals surface area contributed by atoms with Crippen LogP contribution < -0.4 is 0 Å². The molecule has 2 fully saturated rings. The van der Waals surface area contributed by atoms with Crippen LogP contribution in [0.1, 0.15) is 51.6 Å². The average molecular weight is 332 g/mol. The van der Waals surface area contributed by atoms with Gasteiger partial charge in [-0.25, -0.2) is 0 Å². The van der Waals surface area contributed by atoms with Crippen LogP contribution in [0.15, 0.2) is 30.3 Å². The molecule has 1 aliphatic heterocycles. The molecule has 0 N–H and O–H groups in total. The lowest BCUT2D eigenvalue weighted by molar-refractivity contribution is -0.174. The molecule has 1 amide bonds. The Morgan fingerprint density at radius 3 is 2.17 bits per heavy atom. The SMILES string of the molecule is CC[Si](CC)(CC)O[C@H]1C(=O)N(C2CCC2)[C@@H]1c1ccccc1. The van der Waals surface area contributed by atoms with E-state index in [1.807, 2.05) is 6.07 Å². The quantitative estimate of drug-likeness (QED) is 0.543. The average Bonchev–Trinajstić information content (AvgIpc) is 2.56.